The zero-order chi connectivity index (χ0) is 11.4. The van der Waals surface area contributed by atoms with Gasteiger partial charge >= 0.3 is 6.09 Å². The summed E-state index contributed by atoms with van der Waals surface area (Å²) < 4.78 is 4.35. The van der Waals surface area contributed by atoms with Crippen molar-refractivity contribution in [2.75, 3.05) is 20.2 Å². The van der Waals surface area contributed by atoms with E-state index in [2.05, 4.69) is 10.1 Å². The van der Waals surface area contributed by atoms with Gasteiger partial charge in [0, 0.05) is 25.4 Å². The van der Waals surface area contributed by atoms with Crippen molar-refractivity contribution >= 4 is 17.9 Å². The van der Waals surface area contributed by atoms with Gasteiger partial charge in [0.1, 0.15) is 0 Å². The van der Waals surface area contributed by atoms with Crippen LogP contribution in [0.2, 0.25) is 0 Å². The van der Waals surface area contributed by atoms with Gasteiger partial charge in [-0.2, -0.15) is 0 Å². The van der Waals surface area contributed by atoms with Crippen molar-refractivity contribution in [3.8, 4) is 0 Å². The largest absolute Gasteiger partial charge is 0.453 e. The van der Waals surface area contributed by atoms with Crippen molar-refractivity contribution in [3.63, 3.8) is 0 Å². The van der Waals surface area contributed by atoms with E-state index in [4.69, 9.17) is 0 Å². The van der Waals surface area contributed by atoms with Gasteiger partial charge in [0.15, 0.2) is 0 Å². The molecular weight excluding hydrogens is 200 g/mol. The molecule has 1 fully saturated rings. The number of carbonyl (C=O) groups is 3. The third kappa shape index (κ3) is 2.68. The lowest BCUT2D eigenvalue weighted by Gasteiger charge is -2.14. The van der Waals surface area contributed by atoms with Crippen LogP contribution in [0.4, 0.5) is 4.79 Å². The Morgan fingerprint density at radius 2 is 2.27 bits per heavy atom. The number of alkyl carbamates (subject to hydrolysis) is 1. The molecule has 0 spiro atoms. The first-order valence-electron chi connectivity index (χ1n) is 4.72. The van der Waals surface area contributed by atoms with Crippen LogP contribution < -0.4 is 5.32 Å². The van der Waals surface area contributed by atoms with Crippen molar-refractivity contribution in [1.29, 1.82) is 0 Å². The summed E-state index contributed by atoms with van der Waals surface area (Å²) in [5.74, 6) is -0.596. The number of rotatable bonds is 3. The molecule has 1 unspecified atom stereocenters. The Bertz CT molecular complexity index is 290. The van der Waals surface area contributed by atoms with Crippen LogP contribution in [0, 0.1) is 5.92 Å². The fraction of sp³-hybridized carbons (Fsp3) is 0.667. The molecule has 6 nitrogen and oxygen atoms in total. The summed E-state index contributed by atoms with van der Waals surface area (Å²) in [7, 11) is 1.25. The maximum Gasteiger partial charge on any atom is 0.406 e. The Hall–Kier alpha value is -1.59. The monoisotopic (exact) mass is 214 g/mol. The minimum absolute atomic E-state index is 0.174. The standard InChI is InChI=1S/C9H14N2O4/c1-6-5-7(12)11(8(6)13)4-3-10-9(14)15-2/h6H,3-5H2,1-2H3,(H,10,14). The Labute approximate surface area is 87.6 Å². The van der Waals surface area contributed by atoms with Crippen molar-refractivity contribution in [3.05, 3.63) is 0 Å². The van der Waals surface area contributed by atoms with E-state index in [1.807, 2.05) is 0 Å². The number of methoxy groups -OCH3 is 1. The molecule has 1 rings (SSSR count). The molecule has 15 heavy (non-hydrogen) atoms. The SMILES string of the molecule is COC(=O)NCCN1C(=O)CC(C)C1=O. The normalized spacial score (nSPS) is 20.7. The zero-order valence-electron chi connectivity index (χ0n) is 8.78. The van der Waals surface area contributed by atoms with Crippen molar-refractivity contribution in [1.82, 2.24) is 10.2 Å². The Morgan fingerprint density at radius 1 is 1.60 bits per heavy atom. The Balaban J connectivity index is 2.36. The Morgan fingerprint density at radius 3 is 2.73 bits per heavy atom. The molecule has 0 aliphatic carbocycles. The summed E-state index contributed by atoms with van der Waals surface area (Å²) in [6, 6.07) is 0. The van der Waals surface area contributed by atoms with E-state index in [1.165, 1.54) is 12.0 Å². The molecule has 0 bridgehead atoms. The number of carbonyl (C=O) groups excluding carboxylic acids is 3. The molecule has 1 N–H and O–H groups in total. The number of imide groups is 1. The van der Waals surface area contributed by atoms with E-state index in [1.54, 1.807) is 6.92 Å². The van der Waals surface area contributed by atoms with E-state index in [0.29, 0.717) is 0 Å². The number of amides is 3. The molecule has 1 aliphatic rings. The van der Waals surface area contributed by atoms with Crippen molar-refractivity contribution in [2.24, 2.45) is 5.92 Å². The second-order valence-corrected chi connectivity index (χ2v) is 3.41. The molecule has 0 aromatic carbocycles. The summed E-state index contributed by atoms with van der Waals surface area (Å²) in [6.07, 6.45) is -0.306. The topological polar surface area (TPSA) is 75.7 Å². The van der Waals surface area contributed by atoms with E-state index in [-0.39, 0.29) is 37.2 Å². The third-order valence-corrected chi connectivity index (χ3v) is 2.26. The van der Waals surface area contributed by atoms with Crippen molar-refractivity contribution in [2.45, 2.75) is 13.3 Å². The van der Waals surface area contributed by atoms with Gasteiger partial charge in [0.25, 0.3) is 0 Å². The Kier molecular flexibility index (Phi) is 3.65. The minimum atomic E-state index is -0.567. The van der Waals surface area contributed by atoms with Crippen LogP contribution in [-0.4, -0.2) is 43.0 Å². The number of ether oxygens (including phenoxy) is 1. The van der Waals surface area contributed by atoms with Gasteiger partial charge in [-0.1, -0.05) is 6.92 Å². The van der Waals surface area contributed by atoms with E-state index >= 15 is 0 Å². The first kappa shape index (κ1) is 11.5. The number of hydrogen-bond donors (Lipinski definition) is 1. The number of likely N-dealkylation sites (tertiary alicyclic amines) is 1. The lowest BCUT2D eigenvalue weighted by molar-refractivity contribution is -0.139. The van der Waals surface area contributed by atoms with Crippen LogP contribution >= 0.6 is 0 Å². The molecule has 1 atom stereocenters. The smallest absolute Gasteiger partial charge is 0.406 e. The van der Waals surface area contributed by atoms with Crippen LogP contribution in [0.15, 0.2) is 0 Å². The highest BCUT2D eigenvalue weighted by atomic mass is 16.5. The zero-order valence-corrected chi connectivity index (χ0v) is 8.78. The molecule has 0 aromatic heterocycles. The van der Waals surface area contributed by atoms with Gasteiger partial charge in [-0.05, 0) is 0 Å². The third-order valence-electron chi connectivity index (χ3n) is 2.26. The van der Waals surface area contributed by atoms with Gasteiger partial charge in [0.2, 0.25) is 11.8 Å². The molecule has 1 aliphatic heterocycles. The lowest BCUT2D eigenvalue weighted by Crippen LogP contribution is -2.38. The van der Waals surface area contributed by atoms with E-state index in [0.717, 1.165) is 0 Å². The highest BCUT2D eigenvalue weighted by molar-refractivity contribution is 6.03. The van der Waals surface area contributed by atoms with Crippen LogP contribution in [0.3, 0.4) is 0 Å². The predicted molar refractivity (Wildman–Crippen MR) is 50.9 cm³/mol. The summed E-state index contributed by atoms with van der Waals surface area (Å²) in [5.41, 5.74) is 0. The maximum absolute atomic E-state index is 11.4. The summed E-state index contributed by atoms with van der Waals surface area (Å²) >= 11 is 0. The average molecular weight is 214 g/mol. The minimum Gasteiger partial charge on any atom is -0.453 e. The second-order valence-electron chi connectivity index (χ2n) is 3.41. The van der Waals surface area contributed by atoms with Gasteiger partial charge in [-0.15, -0.1) is 0 Å². The molecule has 0 saturated carbocycles. The lowest BCUT2D eigenvalue weighted by atomic mass is 10.1. The first-order valence-corrected chi connectivity index (χ1v) is 4.72. The molecule has 1 saturated heterocycles. The van der Waals surface area contributed by atoms with Crippen molar-refractivity contribution < 1.29 is 19.1 Å². The molecule has 6 heteroatoms. The first-order chi connectivity index (χ1) is 7.06. The number of hydrogen-bond acceptors (Lipinski definition) is 4. The van der Waals surface area contributed by atoms with Crippen LogP contribution in [-0.2, 0) is 14.3 Å². The van der Waals surface area contributed by atoms with Gasteiger partial charge < -0.3 is 10.1 Å². The van der Waals surface area contributed by atoms with Gasteiger partial charge in [0.05, 0.1) is 7.11 Å². The van der Waals surface area contributed by atoms with Gasteiger partial charge in [-0.25, -0.2) is 4.79 Å². The molecule has 3 amide bonds. The average Bonchev–Trinajstić information content (AvgIpc) is 2.44. The molecule has 84 valence electrons. The molecule has 1 heterocycles. The number of nitrogens with zero attached hydrogens (tertiary/aromatic N) is 1. The van der Waals surface area contributed by atoms with E-state index in [9.17, 15) is 14.4 Å². The molecular formula is C9H14N2O4. The van der Waals surface area contributed by atoms with Crippen LogP contribution in [0.25, 0.3) is 0 Å². The van der Waals surface area contributed by atoms with Crippen LogP contribution in [0.5, 0.6) is 0 Å². The maximum atomic E-state index is 11.4. The summed E-state index contributed by atoms with van der Waals surface area (Å²) in [5, 5.41) is 2.41. The quantitative estimate of drug-likeness (QED) is 0.656. The number of nitrogens with one attached hydrogen (secondary N) is 1. The molecule has 0 aromatic rings. The van der Waals surface area contributed by atoms with Crippen LogP contribution in [0.1, 0.15) is 13.3 Å². The second kappa shape index (κ2) is 4.77. The van der Waals surface area contributed by atoms with Gasteiger partial charge in [-0.3, -0.25) is 14.5 Å². The summed E-state index contributed by atoms with van der Waals surface area (Å²) in [6.45, 7) is 2.14. The van der Waals surface area contributed by atoms with E-state index < -0.39 is 6.09 Å². The highest BCUT2D eigenvalue weighted by Crippen LogP contribution is 2.17. The molecule has 0 radical (unpaired) electrons. The summed E-state index contributed by atoms with van der Waals surface area (Å²) in [4.78, 5) is 34.6. The highest BCUT2D eigenvalue weighted by Gasteiger charge is 2.34. The fourth-order valence-corrected chi connectivity index (χ4v) is 1.43. The fourth-order valence-electron chi connectivity index (χ4n) is 1.43. The predicted octanol–water partition coefficient (Wildman–Crippen LogP) is -0.263.